The Labute approximate surface area is 124 Å². The van der Waals surface area contributed by atoms with Crippen molar-refractivity contribution in [3.8, 4) is 0 Å². The van der Waals surface area contributed by atoms with Gasteiger partial charge in [0, 0.05) is 4.47 Å². The number of nitrogen functional groups attached to an aromatic ring is 1. The molecule has 1 aromatic carbocycles. The fourth-order valence-corrected chi connectivity index (χ4v) is 4.41. The van der Waals surface area contributed by atoms with Crippen molar-refractivity contribution in [2.45, 2.75) is 18.1 Å². The van der Waals surface area contributed by atoms with E-state index in [9.17, 15) is 8.42 Å². The van der Waals surface area contributed by atoms with E-state index in [0.717, 1.165) is 16.9 Å². The lowest BCUT2D eigenvalue weighted by atomic mass is 10.2. The van der Waals surface area contributed by atoms with Gasteiger partial charge >= 0.3 is 0 Å². The largest absolute Gasteiger partial charge is 0.375 e. The van der Waals surface area contributed by atoms with E-state index >= 15 is 0 Å². The number of nitrogens with zero attached hydrogens (tertiary/aromatic N) is 1. The highest BCUT2D eigenvalue weighted by atomic mass is 79.9. The third kappa shape index (κ3) is 3.07. The molecule has 0 bridgehead atoms. The maximum Gasteiger partial charge on any atom is 0.273 e. The van der Waals surface area contributed by atoms with Crippen LogP contribution in [0.25, 0.3) is 0 Å². The SMILES string of the molecule is Cc1ccc(Br)c(NS(=O)(=O)c2sc(N)nc2C)c1. The lowest BCUT2D eigenvalue weighted by Crippen LogP contribution is -2.13. The molecule has 2 aromatic rings. The fourth-order valence-electron chi connectivity index (χ4n) is 1.56. The molecule has 0 fully saturated rings. The van der Waals surface area contributed by atoms with Gasteiger partial charge in [-0.05, 0) is 47.5 Å². The Hall–Kier alpha value is -1.12. The zero-order chi connectivity index (χ0) is 14.2. The molecule has 102 valence electrons. The molecule has 8 heteroatoms. The molecule has 0 atom stereocenters. The minimum Gasteiger partial charge on any atom is -0.375 e. The molecule has 3 N–H and O–H groups in total. The van der Waals surface area contributed by atoms with E-state index in [1.807, 2.05) is 13.0 Å². The van der Waals surface area contributed by atoms with Gasteiger partial charge in [-0.1, -0.05) is 17.4 Å². The lowest BCUT2D eigenvalue weighted by Gasteiger charge is -2.09. The van der Waals surface area contributed by atoms with E-state index in [-0.39, 0.29) is 9.34 Å². The molecule has 0 spiro atoms. The molecular weight excluding hydrogens is 350 g/mol. The molecule has 1 heterocycles. The van der Waals surface area contributed by atoms with Gasteiger partial charge in [0.15, 0.2) is 9.34 Å². The van der Waals surface area contributed by atoms with Crippen molar-refractivity contribution in [3.63, 3.8) is 0 Å². The Morgan fingerprint density at radius 2 is 2.05 bits per heavy atom. The molecule has 0 amide bonds. The number of benzene rings is 1. The first-order valence-corrected chi connectivity index (χ1v) is 8.41. The van der Waals surface area contributed by atoms with Crippen LogP contribution in [0, 0.1) is 13.8 Å². The quantitative estimate of drug-likeness (QED) is 0.879. The Bertz CT molecular complexity index is 726. The van der Waals surface area contributed by atoms with Crippen molar-refractivity contribution < 1.29 is 8.42 Å². The molecule has 0 aliphatic heterocycles. The van der Waals surface area contributed by atoms with Crippen molar-refractivity contribution in [1.29, 1.82) is 0 Å². The predicted octanol–water partition coefficient (Wildman–Crippen LogP) is 2.91. The van der Waals surface area contributed by atoms with Gasteiger partial charge in [0.05, 0.1) is 11.4 Å². The summed E-state index contributed by atoms with van der Waals surface area (Å²) in [6, 6.07) is 5.43. The summed E-state index contributed by atoms with van der Waals surface area (Å²) in [5.41, 5.74) is 7.38. The van der Waals surface area contributed by atoms with Crippen LogP contribution in [0.15, 0.2) is 26.9 Å². The number of thiazole rings is 1. The van der Waals surface area contributed by atoms with Crippen LogP contribution >= 0.6 is 27.3 Å². The number of aromatic nitrogens is 1. The second kappa shape index (κ2) is 5.10. The zero-order valence-corrected chi connectivity index (χ0v) is 13.5. The summed E-state index contributed by atoms with van der Waals surface area (Å²) in [5, 5.41) is 0.237. The third-order valence-electron chi connectivity index (χ3n) is 2.38. The van der Waals surface area contributed by atoms with Gasteiger partial charge in [0.1, 0.15) is 0 Å². The highest BCUT2D eigenvalue weighted by Gasteiger charge is 2.22. The standard InChI is InChI=1S/C11H12BrN3O2S2/c1-6-3-4-8(12)9(5-6)15-19(16,17)10-7(2)14-11(13)18-10/h3-5,15H,1-2H3,(H2,13,14). The van der Waals surface area contributed by atoms with Crippen LogP contribution in [0.3, 0.4) is 0 Å². The number of nitrogens with two attached hydrogens (primary N) is 1. The van der Waals surface area contributed by atoms with Crippen molar-refractivity contribution in [3.05, 3.63) is 33.9 Å². The number of halogens is 1. The average Bonchev–Trinajstić information content (AvgIpc) is 2.63. The molecule has 0 radical (unpaired) electrons. The first-order valence-electron chi connectivity index (χ1n) is 5.31. The van der Waals surface area contributed by atoms with Gasteiger partial charge in [0.2, 0.25) is 0 Å². The average molecular weight is 362 g/mol. The number of aryl methyl sites for hydroxylation is 2. The Morgan fingerprint density at radius 1 is 1.37 bits per heavy atom. The first-order chi connectivity index (χ1) is 8.79. The summed E-state index contributed by atoms with van der Waals surface area (Å²) in [6.07, 6.45) is 0. The number of rotatable bonds is 3. The summed E-state index contributed by atoms with van der Waals surface area (Å²) >= 11 is 4.27. The third-order valence-corrected chi connectivity index (χ3v) is 6.03. The highest BCUT2D eigenvalue weighted by Crippen LogP contribution is 2.30. The molecule has 2 rings (SSSR count). The van der Waals surface area contributed by atoms with Gasteiger partial charge in [-0.3, -0.25) is 4.72 Å². The number of hydrogen-bond donors (Lipinski definition) is 2. The molecule has 0 unspecified atom stereocenters. The maximum atomic E-state index is 12.3. The Balaban J connectivity index is 2.42. The van der Waals surface area contributed by atoms with Gasteiger partial charge < -0.3 is 5.73 Å². The van der Waals surface area contributed by atoms with Crippen LogP contribution in [-0.4, -0.2) is 13.4 Å². The summed E-state index contributed by atoms with van der Waals surface area (Å²) in [5.74, 6) is 0. The van der Waals surface area contributed by atoms with Gasteiger partial charge in [-0.25, -0.2) is 13.4 Å². The minimum absolute atomic E-state index is 0.137. The molecular formula is C11H12BrN3O2S2. The summed E-state index contributed by atoms with van der Waals surface area (Å²) in [7, 11) is -3.67. The van der Waals surface area contributed by atoms with Crippen molar-refractivity contribution in [2.24, 2.45) is 0 Å². The Kier molecular flexibility index (Phi) is 3.84. The van der Waals surface area contributed by atoms with E-state index in [0.29, 0.717) is 15.9 Å². The Morgan fingerprint density at radius 3 is 2.63 bits per heavy atom. The maximum absolute atomic E-state index is 12.3. The van der Waals surface area contributed by atoms with Crippen LogP contribution in [0.5, 0.6) is 0 Å². The van der Waals surface area contributed by atoms with Crippen LogP contribution in [0.4, 0.5) is 10.8 Å². The number of anilines is 2. The van der Waals surface area contributed by atoms with Crippen molar-refractivity contribution in [1.82, 2.24) is 4.98 Å². The van der Waals surface area contributed by atoms with Crippen LogP contribution < -0.4 is 10.5 Å². The van der Waals surface area contributed by atoms with Crippen LogP contribution in [0.1, 0.15) is 11.3 Å². The normalized spacial score (nSPS) is 11.5. The van der Waals surface area contributed by atoms with E-state index in [1.54, 1.807) is 19.1 Å². The molecule has 0 saturated carbocycles. The van der Waals surface area contributed by atoms with Crippen LogP contribution in [0.2, 0.25) is 0 Å². The van der Waals surface area contributed by atoms with Gasteiger partial charge in [-0.15, -0.1) is 0 Å². The smallest absolute Gasteiger partial charge is 0.273 e. The van der Waals surface area contributed by atoms with E-state index in [1.165, 1.54) is 0 Å². The van der Waals surface area contributed by atoms with E-state index in [4.69, 9.17) is 5.73 Å². The number of sulfonamides is 1. The topological polar surface area (TPSA) is 85.1 Å². The molecule has 0 aliphatic carbocycles. The monoisotopic (exact) mass is 361 g/mol. The number of nitrogens with one attached hydrogen (secondary N) is 1. The molecule has 0 saturated heterocycles. The summed E-state index contributed by atoms with van der Waals surface area (Å²) in [6.45, 7) is 3.51. The van der Waals surface area contributed by atoms with Gasteiger partial charge in [-0.2, -0.15) is 0 Å². The molecule has 0 aliphatic rings. The molecule has 5 nitrogen and oxygen atoms in total. The summed E-state index contributed by atoms with van der Waals surface area (Å²) in [4.78, 5) is 3.92. The minimum atomic E-state index is -3.67. The van der Waals surface area contributed by atoms with E-state index in [2.05, 4.69) is 25.6 Å². The second-order valence-electron chi connectivity index (χ2n) is 4.01. The predicted molar refractivity (Wildman–Crippen MR) is 81.0 cm³/mol. The van der Waals surface area contributed by atoms with Crippen molar-refractivity contribution >= 4 is 48.1 Å². The fraction of sp³-hybridized carbons (Fsp3) is 0.182. The van der Waals surface area contributed by atoms with Crippen molar-refractivity contribution in [2.75, 3.05) is 10.5 Å². The summed E-state index contributed by atoms with van der Waals surface area (Å²) < 4.78 is 27.9. The first kappa shape index (κ1) is 14.3. The van der Waals surface area contributed by atoms with Gasteiger partial charge in [0.25, 0.3) is 10.0 Å². The molecule has 1 aromatic heterocycles. The number of hydrogen-bond acceptors (Lipinski definition) is 5. The zero-order valence-electron chi connectivity index (χ0n) is 10.3. The molecule has 19 heavy (non-hydrogen) atoms. The van der Waals surface area contributed by atoms with Crippen LogP contribution in [-0.2, 0) is 10.0 Å². The lowest BCUT2D eigenvalue weighted by molar-refractivity contribution is 0.602. The highest BCUT2D eigenvalue weighted by molar-refractivity contribution is 9.10. The van der Waals surface area contributed by atoms with E-state index < -0.39 is 10.0 Å². The second-order valence-corrected chi connectivity index (χ2v) is 7.78.